The fourth-order valence-electron chi connectivity index (χ4n) is 2.22. The van der Waals surface area contributed by atoms with E-state index in [1.54, 1.807) is 0 Å². The van der Waals surface area contributed by atoms with E-state index in [2.05, 4.69) is 18.8 Å². The average Bonchev–Trinajstić information content (AvgIpc) is 2.78. The molecular weight excluding hydrogens is 252 g/mol. The van der Waals surface area contributed by atoms with E-state index in [1.165, 1.54) is 0 Å². The molecule has 1 heterocycles. The van der Waals surface area contributed by atoms with Gasteiger partial charge in [-0.3, -0.25) is 4.79 Å². The van der Waals surface area contributed by atoms with Gasteiger partial charge in [-0.2, -0.15) is 0 Å². The fraction of sp³-hybridized carbons (Fsp3) is 0.500. The molecule has 0 bridgehead atoms. The van der Waals surface area contributed by atoms with Crippen molar-refractivity contribution in [1.29, 1.82) is 0 Å². The zero-order valence-electron chi connectivity index (χ0n) is 12.3. The molecule has 2 aromatic rings. The number of fused-ring (bicyclic) bond motifs is 1. The number of ether oxygens (including phenoxy) is 1. The maximum absolute atomic E-state index is 11.9. The molecule has 0 saturated carbocycles. The standard InChI is InChI=1S/C16H22N2O2/c1-3-5-11-20-16(19)12-18-14-10-7-6-9-13(14)17-15(18)8-4-2/h6-7,9-10H,3-5,8,11-12H2,1-2H3. The molecule has 0 saturated heterocycles. The number of aromatic nitrogens is 2. The van der Waals surface area contributed by atoms with Crippen molar-refractivity contribution >= 4 is 17.0 Å². The summed E-state index contributed by atoms with van der Waals surface area (Å²) >= 11 is 0. The van der Waals surface area contributed by atoms with Gasteiger partial charge in [-0.1, -0.05) is 32.4 Å². The Bertz CT molecular complexity index is 575. The summed E-state index contributed by atoms with van der Waals surface area (Å²) in [5, 5.41) is 0. The number of aryl methyl sites for hydroxylation is 1. The van der Waals surface area contributed by atoms with E-state index in [0.29, 0.717) is 6.61 Å². The Labute approximate surface area is 119 Å². The number of esters is 1. The third kappa shape index (κ3) is 3.38. The Morgan fingerprint density at radius 3 is 2.80 bits per heavy atom. The van der Waals surface area contributed by atoms with Crippen molar-refractivity contribution in [3.63, 3.8) is 0 Å². The number of rotatable bonds is 7. The molecule has 1 aromatic heterocycles. The lowest BCUT2D eigenvalue weighted by atomic mass is 10.3. The molecule has 0 aliphatic heterocycles. The number of unbranched alkanes of at least 4 members (excludes halogenated alkanes) is 1. The van der Waals surface area contributed by atoms with Crippen LogP contribution in [-0.4, -0.2) is 22.1 Å². The van der Waals surface area contributed by atoms with Gasteiger partial charge < -0.3 is 9.30 Å². The van der Waals surface area contributed by atoms with E-state index in [1.807, 2.05) is 28.8 Å². The number of para-hydroxylation sites is 2. The van der Waals surface area contributed by atoms with Gasteiger partial charge in [0.2, 0.25) is 0 Å². The average molecular weight is 274 g/mol. The van der Waals surface area contributed by atoms with Gasteiger partial charge >= 0.3 is 5.97 Å². The number of hydrogen-bond acceptors (Lipinski definition) is 3. The molecular formula is C16H22N2O2. The van der Waals surface area contributed by atoms with E-state index in [0.717, 1.165) is 42.5 Å². The van der Waals surface area contributed by atoms with Gasteiger partial charge in [0.25, 0.3) is 0 Å². The van der Waals surface area contributed by atoms with Crippen molar-refractivity contribution < 1.29 is 9.53 Å². The van der Waals surface area contributed by atoms with Crippen LogP contribution in [0.15, 0.2) is 24.3 Å². The predicted molar refractivity (Wildman–Crippen MR) is 79.6 cm³/mol. The van der Waals surface area contributed by atoms with Crippen LogP contribution in [0.25, 0.3) is 11.0 Å². The molecule has 0 fully saturated rings. The minimum absolute atomic E-state index is 0.182. The van der Waals surface area contributed by atoms with E-state index >= 15 is 0 Å². The Morgan fingerprint density at radius 1 is 1.25 bits per heavy atom. The number of nitrogens with zero attached hydrogens (tertiary/aromatic N) is 2. The lowest BCUT2D eigenvalue weighted by Crippen LogP contribution is -2.16. The molecule has 0 aliphatic rings. The second-order valence-electron chi connectivity index (χ2n) is 4.93. The minimum atomic E-state index is -0.182. The second kappa shape index (κ2) is 7.08. The normalized spacial score (nSPS) is 10.9. The minimum Gasteiger partial charge on any atom is -0.464 e. The van der Waals surface area contributed by atoms with Gasteiger partial charge in [-0.05, 0) is 25.0 Å². The number of benzene rings is 1. The van der Waals surface area contributed by atoms with Gasteiger partial charge in [0, 0.05) is 6.42 Å². The van der Waals surface area contributed by atoms with Crippen LogP contribution in [0.4, 0.5) is 0 Å². The lowest BCUT2D eigenvalue weighted by Gasteiger charge is -2.08. The first-order valence-corrected chi connectivity index (χ1v) is 7.36. The lowest BCUT2D eigenvalue weighted by molar-refractivity contribution is -0.144. The van der Waals surface area contributed by atoms with Crippen molar-refractivity contribution in [2.24, 2.45) is 0 Å². The maximum Gasteiger partial charge on any atom is 0.326 e. The first-order chi connectivity index (χ1) is 9.76. The van der Waals surface area contributed by atoms with Crippen LogP contribution in [0.3, 0.4) is 0 Å². The number of carbonyl (C=O) groups is 1. The highest BCUT2D eigenvalue weighted by molar-refractivity contribution is 5.78. The molecule has 108 valence electrons. The summed E-state index contributed by atoms with van der Waals surface area (Å²) < 4.78 is 7.23. The smallest absolute Gasteiger partial charge is 0.326 e. The molecule has 20 heavy (non-hydrogen) atoms. The van der Waals surface area contributed by atoms with Crippen molar-refractivity contribution in [2.45, 2.75) is 46.1 Å². The Kier molecular flexibility index (Phi) is 5.16. The molecule has 0 amide bonds. The van der Waals surface area contributed by atoms with Gasteiger partial charge in [-0.15, -0.1) is 0 Å². The van der Waals surface area contributed by atoms with Gasteiger partial charge in [0.15, 0.2) is 0 Å². The fourth-order valence-corrected chi connectivity index (χ4v) is 2.22. The summed E-state index contributed by atoms with van der Waals surface area (Å²) in [5.74, 6) is 0.778. The van der Waals surface area contributed by atoms with Crippen LogP contribution in [0.1, 0.15) is 38.9 Å². The second-order valence-corrected chi connectivity index (χ2v) is 4.93. The van der Waals surface area contributed by atoms with Gasteiger partial charge in [0.1, 0.15) is 12.4 Å². The zero-order valence-corrected chi connectivity index (χ0v) is 12.3. The highest BCUT2D eigenvalue weighted by Crippen LogP contribution is 2.17. The summed E-state index contributed by atoms with van der Waals surface area (Å²) in [6.07, 6.45) is 3.83. The topological polar surface area (TPSA) is 44.1 Å². The van der Waals surface area contributed by atoms with Crippen molar-refractivity contribution in [3.8, 4) is 0 Å². The van der Waals surface area contributed by atoms with E-state index in [-0.39, 0.29) is 12.5 Å². The molecule has 0 N–H and O–H groups in total. The molecule has 4 nitrogen and oxygen atoms in total. The van der Waals surface area contributed by atoms with Crippen LogP contribution in [0.2, 0.25) is 0 Å². The molecule has 0 aliphatic carbocycles. The third-order valence-corrected chi connectivity index (χ3v) is 3.26. The first kappa shape index (κ1) is 14.6. The first-order valence-electron chi connectivity index (χ1n) is 7.36. The monoisotopic (exact) mass is 274 g/mol. The van der Waals surface area contributed by atoms with Crippen LogP contribution < -0.4 is 0 Å². The summed E-state index contributed by atoms with van der Waals surface area (Å²) in [6.45, 7) is 4.95. The van der Waals surface area contributed by atoms with Crippen LogP contribution >= 0.6 is 0 Å². The van der Waals surface area contributed by atoms with Crippen molar-refractivity contribution in [3.05, 3.63) is 30.1 Å². The maximum atomic E-state index is 11.9. The number of hydrogen-bond donors (Lipinski definition) is 0. The van der Waals surface area contributed by atoms with Crippen molar-refractivity contribution in [1.82, 2.24) is 9.55 Å². The zero-order chi connectivity index (χ0) is 14.4. The molecule has 4 heteroatoms. The van der Waals surface area contributed by atoms with E-state index < -0.39 is 0 Å². The molecule has 0 unspecified atom stereocenters. The SMILES string of the molecule is CCCCOC(=O)Cn1c(CCC)nc2ccccc21. The Balaban J connectivity index is 2.18. The Morgan fingerprint density at radius 2 is 2.05 bits per heavy atom. The third-order valence-electron chi connectivity index (χ3n) is 3.26. The van der Waals surface area contributed by atoms with E-state index in [4.69, 9.17) is 4.74 Å². The summed E-state index contributed by atoms with van der Waals surface area (Å²) in [6, 6.07) is 7.92. The summed E-state index contributed by atoms with van der Waals surface area (Å²) in [7, 11) is 0. The predicted octanol–water partition coefficient (Wildman–Crippen LogP) is 3.33. The van der Waals surface area contributed by atoms with Crippen molar-refractivity contribution in [2.75, 3.05) is 6.61 Å². The summed E-state index contributed by atoms with van der Waals surface area (Å²) in [5.41, 5.74) is 1.95. The Hall–Kier alpha value is -1.84. The number of imidazole rings is 1. The molecule has 0 spiro atoms. The number of carbonyl (C=O) groups excluding carboxylic acids is 1. The molecule has 1 aromatic carbocycles. The molecule has 2 rings (SSSR count). The largest absolute Gasteiger partial charge is 0.464 e. The molecule has 0 atom stereocenters. The van der Waals surface area contributed by atoms with Crippen LogP contribution in [0, 0.1) is 0 Å². The van der Waals surface area contributed by atoms with Crippen LogP contribution in [-0.2, 0) is 22.5 Å². The van der Waals surface area contributed by atoms with Crippen LogP contribution in [0.5, 0.6) is 0 Å². The quantitative estimate of drug-likeness (QED) is 0.574. The summed E-state index contributed by atoms with van der Waals surface area (Å²) in [4.78, 5) is 16.5. The van der Waals surface area contributed by atoms with Gasteiger partial charge in [-0.25, -0.2) is 4.98 Å². The molecule has 0 radical (unpaired) electrons. The highest BCUT2D eigenvalue weighted by Gasteiger charge is 2.13. The highest BCUT2D eigenvalue weighted by atomic mass is 16.5. The van der Waals surface area contributed by atoms with Gasteiger partial charge in [0.05, 0.1) is 17.6 Å². The van der Waals surface area contributed by atoms with E-state index in [9.17, 15) is 4.79 Å².